The van der Waals surface area contributed by atoms with Gasteiger partial charge in [0.05, 0.1) is 5.52 Å². The van der Waals surface area contributed by atoms with Crippen molar-refractivity contribution in [2.75, 3.05) is 13.1 Å². The topological polar surface area (TPSA) is 59.2 Å². The zero-order valence-electron chi connectivity index (χ0n) is 11.1. The minimum absolute atomic E-state index is 0.311. The minimum atomic E-state index is -0.311. The second-order valence-electron chi connectivity index (χ2n) is 5.13. The van der Waals surface area contributed by atoms with Crippen LogP contribution < -0.4 is 16.4 Å². The lowest BCUT2D eigenvalue weighted by Gasteiger charge is -2.05. The van der Waals surface area contributed by atoms with Gasteiger partial charge in [-0.05, 0) is 30.5 Å². The first-order chi connectivity index (χ1) is 9.24. The average Bonchev–Trinajstić information content (AvgIpc) is 3.17. The summed E-state index contributed by atoms with van der Waals surface area (Å²) >= 11 is 0. The summed E-state index contributed by atoms with van der Waals surface area (Å²) < 4.78 is 6.69. The molecule has 0 amide bonds. The molecule has 1 heterocycles. The lowest BCUT2D eigenvalue weighted by molar-refractivity contribution is 0.527. The van der Waals surface area contributed by atoms with Crippen LogP contribution in [0.3, 0.4) is 0 Å². The summed E-state index contributed by atoms with van der Waals surface area (Å²) in [5.74, 6) is -0.311. The van der Waals surface area contributed by atoms with Crippen LogP contribution in [0.1, 0.15) is 18.4 Å². The maximum Gasteiger partial charge on any atom is 0.419 e. The summed E-state index contributed by atoms with van der Waals surface area (Å²) in [5, 5.41) is 6.84. The summed E-state index contributed by atoms with van der Waals surface area (Å²) in [6.07, 6.45) is 2.65. The molecular weight excluding hydrogens is 242 g/mol. The van der Waals surface area contributed by atoms with Gasteiger partial charge < -0.3 is 15.1 Å². The first-order valence-corrected chi connectivity index (χ1v) is 6.76. The molecule has 5 nitrogen and oxygen atoms in total. The van der Waals surface area contributed by atoms with Crippen LogP contribution >= 0.6 is 0 Å². The molecule has 1 aliphatic carbocycles. The normalized spacial score (nSPS) is 15.2. The van der Waals surface area contributed by atoms with Crippen molar-refractivity contribution in [3.05, 3.63) is 34.3 Å². The number of nitrogens with zero attached hydrogens (tertiary/aromatic N) is 1. The Morgan fingerprint density at radius 3 is 3.00 bits per heavy atom. The van der Waals surface area contributed by atoms with Gasteiger partial charge in [0.2, 0.25) is 0 Å². The lowest BCUT2D eigenvalue weighted by Crippen LogP contribution is -2.28. The Kier molecular flexibility index (Phi) is 3.40. The molecule has 0 aliphatic heterocycles. The molecule has 0 saturated heterocycles. The molecule has 0 bridgehead atoms. The first-order valence-electron chi connectivity index (χ1n) is 6.76. The van der Waals surface area contributed by atoms with Crippen LogP contribution in [0.2, 0.25) is 0 Å². The van der Waals surface area contributed by atoms with Crippen LogP contribution in [-0.4, -0.2) is 23.7 Å². The molecule has 2 N–H and O–H groups in total. The van der Waals surface area contributed by atoms with Crippen molar-refractivity contribution in [3.8, 4) is 0 Å². The monoisotopic (exact) mass is 261 g/mol. The van der Waals surface area contributed by atoms with Crippen molar-refractivity contribution in [3.63, 3.8) is 0 Å². The number of hydrogen-bond acceptors (Lipinski definition) is 4. The Morgan fingerprint density at radius 2 is 2.21 bits per heavy atom. The Morgan fingerprint density at radius 1 is 1.37 bits per heavy atom. The van der Waals surface area contributed by atoms with Crippen molar-refractivity contribution in [1.29, 1.82) is 0 Å². The fourth-order valence-corrected chi connectivity index (χ4v) is 2.17. The van der Waals surface area contributed by atoms with Crippen LogP contribution in [0.25, 0.3) is 11.1 Å². The quantitative estimate of drug-likeness (QED) is 0.761. The van der Waals surface area contributed by atoms with Crippen molar-refractivity contribution in [2.45, 2.75) is 25.4 Å². The number of rotatable bonds is 6. The summed E-state index contributed by atoms with van der Waals surface area (Å²) in [5.41, 5.74) is 2.63. The predicted molar refractivity (Wildman–Crippen MR) is 74.2 cm³/mol. The number of aromatic nitrogens is 1. The van der Waals surface area contributed by atoms with Crippen molar-refractivity contribution >= 4 is 11.1 Å². The van der Waals surface area contributed by atoms with Gasteiger partial charge in [0.15, 0.2) is 5.58 Å². The van der Waals surface area contributed by atoms with E-state index in [4.69, 9.17) is 4.42 Å². The van der Waals surface area contributed by atoms with E-state index in [1.54, 1.807) is 7.05 Å². The van der Waals surface area contributed by atoms with Crippen LogP contribution in [0.5, 0.6) is 0 Å². The Bertz CT molecular complexity index is 625. The molecule has 0 atom stereocenters. The van der Waals surface area contributed by atoms with Crippen LogP contribution in [0.4, 0.5) is 0 Å². The zero-order chi connectivity index (χ0) is 13.2. The highest BCUT2D eigenvalue weighted by molar-refractivity contribution is 5.73. The maximum atomic E-state index is 11.4. The average molecular weight is 261 g/mol. The molecule has 0 spiro atoms. The van der Waals surface area contributed by atoms with Crippen molar-refractivity contribution in [2.24, 2.45) is 7.05 Å². The second kappa shape index (κ2) is 5.19. The molecule has 19 heavy (non-hydrogen) atoms. The minimum Gasteiger partial charge on any atom is -0.408 e. The molecule has 1 aromatic carbocycles. The molecule has 1 aromatic heterocycles. The molecule has 102 valence electrons. The van der Waals surface area contributed by atoms with E-state index in [0.29, 0.717) is 5.58 Å². The smallest absolute Gasteiger partial charge is 0.408 e. The SMILES string of the molecule is Cn1c(=O)oc2cc(CNCCNC3CC3)ccc21. The second-order valence-corrected chi connectivity index (χ2v) is 5.13. The Labute approximate surface area is 111 Å². The number of oxazole rings is 1. The van der Waals surface area contributed by atoms with Gasteiger partial charge in [-0.1, -0.05) is 6.07 Å². The third-order valence-electron chi connectivity index (χ3n) is 3.50. The Hall–Kier alpha value is -1.59. The van der Waals surface area contributed by atoms with E-state index in [1.807, 2.05) is 18.2 Å². The van der Waals surface area contributed by atoms with E-state index in [1.165, 1.54) is 17.4 Å². The number of nitrogens with one attached hydrogen (secondary N) is 2. The fraction of sp³-hybridized carbons (Fsp3) is 0.500. The number of aryl methyl sites for hydroxylation is 1. The van der Waals surface area contributed by atoms with Gasteiger partial charge in [-0.25, -0.2) is 4.79 Å². The van der Waals surface area contributed by atoms with Gasteiger partial charge in [-0.3, -0.25) is 4.57 Å². The van der Waals surface area contributed by atoms with E-state index in [9.17, 15) is 4.79 Å². The number of fused-ring (bicyclic) bond motifs is 1. The summed E-state index contributed by atoms with van der Waals surface area (Å²) in [6, 6.07) is 6.65. The highest BCUT2D eigenvalue weighted by Gasteiger charge is 2.19. The van der Waals surface area contributed by atoms with Crippen LogP contribution in [0, 0.1) is 0 Å². The standard InChI is InChI=1S/C14H19N3O2/c1-17-12-5-2-10(8-13(12)19-14(17)18)9-15-6-7-16-11-3-4-11/h2,5,8,11,15-16H,3-4,6-7,9H2,1H3. The van der Waals surface area contributed by atoms with E-state index in [0.717, 1.165) is 36.8 Å². The van der Waals surface area contributed by atoms with E-state index in [-0.39, 0.29) is 5.76 Å². The third kappa shape index (κ3) is 2.88. The molecule has 2 aromatic rings. The molecule has 0 unspecified atom stereocenters. The maximum absolute atomic E-state index is 11.4. The van der Waals surface area contributed by atoms with Crippen molar-refractivity contribution in [1.82, 2.24) is 15.2 Å². The molecule has 5 heteroatoms. The van der Waals surface area contributed by atoms with Gasteiger partial charge in [0.1, 0.15) is 0 Å². The van der Waals surface area contributed by atoms with E-state index >= 15 is 0 Å². The molecule has 1 fully saturated rings. The predicted octanol–water partition coefficient (Wildman–Crippen LogP) is 0.973. The fourth-order valence-electron chi connectivity index (χ4n) is 2.17. The van der Waals surface area contributed by atoms with Gasteiger partial charge in [0, 0.05) is 32.7 Å². The van der Waals surface area contributed by atoms with Gasteiger partial charge >= 0.3 is 5.76 Å². The summed E-state index contributed by atoms with van der Waals surface area (Å²) in [7, 11) is 1.72. The van der Waals surface area contributed by atoms with Gasteiger partial charge in [-0.15, -0.1) is 0 Å². The largest absolute Gasteiger partial charge is 0.419 e. The van der Waals surface area contributed by atoms with Crippen LogP contribution in [-0.2, 0) is 13.6 Å². The first kappa shape index (κ1) is 12.4. The molecule has 1 aliphatic rings. The van der Waals surface area contributed by atoms with Crippen molar-refractivity contribution < 1.29 is 4.42 Å². The molecule has 0 radical (unpaired) electrons. The third-order valence-corrected chi connectivity index (χ3v) is 3.50. The zero-order valence-corrected chi connectivity index (χ0v) is 11.1. The van der Waals surface area contributed by atoms with Gasteiger partial charge in [-0.2, -0.15) is 0 Å². The molecule has 1 saturated carbocycles. The highest BCUT2D eigenvalue weighted by Crippen LogP contribution is 2.17. The highest BCUT2D eigenvalue weighted by atomic mass is 16.4. The van der Waals surface area contributed by atoms with E-state index < -0.39 is 0 Å². The molecular formula is C14H19N3O2. The number of benzene rings is 1. The summed E-state index contributed by atoms with van der Waals surface area (Å²) in [4.78, 5) is 11.4. The van der Waals surface area contributed by atoms with E-state index in [2.05, 4.69) is 10.6 Å². The van der Waals surface area contributed by atoms with Gasteiger partial charge in [0.25, 0.3) is 0 Å². The lowest BCUT2D eigenvalue weighted by atomic mass is 10.2. The Balaban J connectivity index is 1.56. The van der Waals surface area contributed by atoms with Crippen LogP contribution in [0.15, 0.2) is 27.4 Å². The summed E-state index contributed by atoms with van der Waals surface area (Å²) in [6.45, 7) is 2.75. The number of hydrogen-bond donors (Lipinski definition) is 2. The molecule has 3 rings (SSSR count).